The largest absolute Gasteiger partial charge is 0.477 e. The third-order valence-corrected chi connectivity index (χ3v) is 2.03. The van der Waals surface area contributed by atoms with Crippen molar-refractivity contribution in [3.63, 3.8) is 0 Å². The highest BCUT2D eigenvalue weighted by atomic mass is 32.1. The Bertz CT molecular complexity index is 287. The van der Waals surface area contributed by atoms with Crippen molar-refractivity contribution >= 4 is 23.0 Å². The van der Waals surface area contributed by atoms with E-state index in [4.69, 9.17) is 5.11 Å². The van der Waals surface area contributed by atoms with E-state index in [1.54, 1.807) is 16.8 Å². The number of carbonyl (C=O) groups is 1. The van der Waals surface area contributed by atoms with Crippen molar-refractivity contribution < 1.29 is 18.7 Å². The second-order valence-corrected chi connectivity index (χ2v) is 3.16. The van der Waals surface area contributed by atoms with Crippen molar-refractivity contribution in [2.24, 2.45) is 0 Å². The molecule has 1 rings (SSSR count). The minimum Gasteiger partial charge on any atom is -0.477 e. The third-order valence-electron chi connectivity index (χ3n) is 1.35. The normalized spacial score (nSPS) is 11.2. The van der Waals surface area contributed by atoms with Gasteiger partial charge in [0, 0.05) is 11.1 Å². The van der Waals surface area contributed by atoms with E-state index in [0.29, 0.717) is 5.69 Å². The van der Waals surface area contributed by atoms with Gasteiger partial charge in [0.15, 0.2) is 0 Å². The molecule has 13 heavy (non-hydrogen) atoms. The molecule has 0 aliphatic carbocycles. The molecule has 2 N–H and O–H groups in total. The highest BCUT2D eigenvalue weighted by Gasteiger charge is 2.38. The summed E-state index contributed by atoms with van der Waals surface area (Å²) in [6, 6.07) is 1.60. The Labute approximate surface area is 77.0 Å². The number of carboxylic acids is 1. The molecule has 0 fully saturated rings. The Hall–Kier alpha value is -1.17. The van der Waals surface area contributed by atoms with Crippen LogP contribution in [0.4, 0.5) is 14.5 Å². The van der Waals surface area contributed by atoms with Gasteiger partial charge >= 0.3 is 11.9 Å². The molecule has 0 aliphatic heterocycles. The standard InChI is InChI=1S/C7H7F2NO2S/c8-7(9,6(11)12)4-10-5-1-2-13-3-5/h1-3,10H,4H2,(H,11,12). The molecule has 0 bridgehead atoms. The van der Waals surface area contributed by atoms with Gasteiger partial charge in [-0.15, -0.1) is 0 Å². The first-order valence-corrected chi connectivity index (χ1v) is 4.34. The molecule has 1 aromatic rings. The van der Waals surface area contributed by atoms with Gasteiger partial charge < -0.3 is 10.4 Å². The number of carboxylic acid groups (broad SMARTS) is 1. The van der Waals surface area contributed by atoms with Crippen LogP contribution in [0.5, 0.6) is 0 Å². The lowest BCUT2D eigenvalue weighted by Gasteiger charge is -2.11. The maximum atomic E-state index is 12.5. The van der Waals surface area contributed by atoms with Crippen molar-refractivity contribution in [2.45, 2.75) is 5.92 Å². The number of hydrogen-bond acceptors (Lipinski definition) is 3. The van der Waals surface area contributed by atoms with Crippen molar-refractivity contribution in [3.05, 3.63) is 16.8 Å². The number of rotatable bonds is 4. The number of nitrogens with one attached hydrogen (secondary N) is 1. The molecule has 1 aromatic heterocycles. The molecule has 1 heterocycles. The summed E-state index contributed by atoms with van der Waals surface area (Å²) >= 11 is 1.34. The molecule has 0 unspecified atom stereocenters. The predicted octanol–water partition coefficient (Wildman–Crippen LogP) is 1.88. The van der Waals surface area contributed by atoms with Gasteiger partial charge in [-0.2, -0.15) is 20.1 Å². The number of aliphatic carboxylic acids is 1. The first kappa shape index (κ1) is 9.91. The zero-order chi connectivity index (χ0) is 9.90. The van der Waals surface area contributed by atoms with Crippen molar-refractivity contribution in [3.8, 4) is 0 Å². The lowest BCUT2D eigenvalue weighted by Crippen LogP contribution is -2.35. The Morgan fingerprint density at radius 1 is 1.69 bits per heavy atom. The van der Waals surface area contributed by atoms with Gasteiger partial charge in [0.2, 0.25) is 0 Å². The lowest BCUT2D eigenvalue weighted by atomic mass is 10.3. The van der Waals surface area contributed by atoms with Crippen molar-refractivity contribution in [1.29, 1.82) is 0 Å². The maximum absolute atomic E-state index is 12.5. The van der Waals surface area contributed by atoms with E-state index in [-0.39, 0.29) is 0 Å². The molecule has 0 spiro atoms. The minimum atomic E-state index is -3.72. The maximum Gasteiger partial charge on any atom is 0.376 e. The molecular formula is C7H7F2NO2S. The average molecular weight is 207 g/mol. The number of hydrogen-bond donors (Lipinski definition) is 2. The fraction of sp³-hybridized carbons (Fsp3) is 0.286. The molecule has 72 valence electrons. The van der Waals surface area contributed by atoms with Crippen LogP contribution in [0, 0.1) is 0 Å². The molecule has 0 saturated heterocycles. The van der Waals surface area contributed by atoms with Crippen LogP contribution in [0.2, 0.25) is 0 Å². The third kappa shape index (κ3) is 2.66. The van der Waals surface area contributed by atoms with E-state index < -0.39 is 18.4 Å². The lowest BCUT2D eigenvalue weighted by molar-refractivity contribution is -0.162. The van der Waals surface area contributed by atoms with Gasteiger partial charge in [0.1, 0.15) is 0 Å². The summed E-state index contributed by atoms with van der Waals surface area (Å²) in [5.74, 6) is -5.84. The predicted molar refractivity (Wildman–Crippen MR) is 45.4 cm³/mol. The van der Waals surface area contributed by atoms with Gasteiger partial charge in [-0.1, -0.05) is 0 Å². The molecular weight excluding hydrogens is 200 g/mol. The summed E-state index contributed by atoms with van der Waals surface area (Å²) in [4.78, 5) is 9.99. The summed E-state index contributed by atoms with van der Waals surface area (Å²) in [5, 5.41) is 13.7. The van der Waals surface area contributed by atoms with Crippen LogP contribution in [-0.2, 0) is 4.79 Å². The van der Waals surface area contributed by atoms with Crippen LogP contribution in [0.15, 0.2) is 16.8 Å². The number of alkyl halides is 2. The molecule has 0 radical (unpaired) electrons. The zero-order valence-corrected chi connectivity index (χ0v) is 7.28. The first-order valence-electron chi connectivity index (χ1n) is 3.39. The summed E-state index contributed by atoms with van der Waals surface area (Å²) in [7, 11) is 0. The Morgan fingerprint density at radius 3 is 2.85 bits per heavy atom. The summed E-state index contributed by atoms with van der Waals surface area (Å²) in [5.41, 5.74) is 0.505. The number of halogens is 2. The first-order chi connectivity index (χ1) is 6.02. The fourth-order valence-corrected chi connectivity index (χ4v) is 1.27. The van der Waals surface area contributed by atoms with Gasteiger partial charge in [-0.25, -0.2) is 4.79 Å². The van der Waals surface area contributed by atoms with Gasteiger partial charge in [0.25, 0.3) is 0 Å². The minimum absolute atomic E-state index is 0.505. The smallest absolute Gasteiger partial charge is 0.376 e. The Balaban J connectivity index is 2.47. The monoisotopic (exact) mass is 207 g/mol. The van der Waals surface area contributed by atoms with Crippen LogP contribution >= 0.6 is 11.3 Å². The van der Waals surface area contributed by atoms with Crippen molar-refractivity contribution in [2.75, 3.05) is 11.9 Å². The van der Waals surface area contributed by atoms with Crippen LogP contribution in [0.25, 0.3) is 0 Å². The summed E-state index contributed by atoms with van der Waals surface area (Å²) < 4.78 is 25.0. The van der Waals surface area contributed by atoms with E-state index in [1.165, 1.54) is 11.3 Å². The van der Waals surface area contributed by atoms with Crippen LogP contribution in [0.1, 0.15) is 0 Å². The number of thiophene rings is 1. The summed E-state index contributed by atoms with van der Waals surface area (Å²) in [6.07, 6.45) is 0. The number of anilines is 1. The zero-order valence-electron chi connectivity index (χ0n) is 6.46. The van der Waals surface area contributed by atoms with Crippen molar-refractivity contribution in [1.82, 2.24) is 0 Å². The second kappa shape index (κ2) is 3.69. The van der Waals surface area contributed by atoms with Gasteiger partial charge in [-0.3, -0.25) is 0 Å². The average Bonchev–Trinajstić information content (AvgIpc) is 2.52. The summed E-state index contributed by atoms with van der Waals surface area (Å²) in [6.45, 7) is -0.890. The SMILES string of the molecule is O=C(O)C(F)(F)CNc1ccsc1. The van der Waals surface area contributed by atoms with E-state index in [0.717, 1.165) is 0 Å². The molecule has 0 amide bonds. The molecule has 0 aromatic carbocycles. The molecule has 3 nitrogen and oxygen atoms in total. The van der Waals surface area contributed by atoms with Gasteiger partial charge in [0.05, 0.1) is 6.54 Å². The molecule has 6 heteroatoms. The second-order valence-electron chi connectivity index (χ2n) is 2.38. The highest BCUT2D eigenvalue weighted by molar-refractivity contribution is 7.08. The Kier molecular flexibility index (Phi) is 2.82. The topological polar surface area (TPSA) is 49.3 Å². The van der Waals surface area contributed by atoms with E-state index in [1.807, 2.05) is 0 Å². The Morgan fingerprint density at radius 2 is 2.38 bits per heavy atom. The highest BCUT2D eigenvalue weighted by Crippen LogP contribution is 2.17. The van der Waals surface area contributed by atoms with E-state index in [9.17, 15) is 13.6 Å². The molecule has 0 atom stereocenters. The molecule has 0 saturated carbocycles. The van der Waals surface area contributed by atoms with E-state index in [2.05, 4.69) is 5.32 Å². The quantitative estimate of drug-likeness (QED) is 0.792. The van der Waals surface area contributed by atoms with Crippen LogP contribution in [0.3, 0.4) is 0 Å². The van der Waals surface area contributed by atoms with Crippen LogP contribution < -0.4 is 5.32 Å². The van der Waals surface area contributed by atoms with Gasteiger partial charge in [-0.05, 0) is 11.4 Å². The van der Waals surface area contributed by atoms with Crippen LogP contribution in [-0.4, -0.2) is 23.5 Å². The molecule has 0 aliphatic rings. The van der Waals surface area contributed by atoms with E-state index >= 15 is 0 Å². The fourth-order valence-electron chi connectivity index (χ4n) is 0.654.